The molecule has 5 rings (SSSR count). The van der Waals surface area contributed by atoms with Crippen LogP contribution in [0.5, 0.6) is 0 Å². The molecule has 34 heavy (non-hydrogen) atoms. The number of amides is 2. The van der Waals surface area contributed by atoms with Crippen molar-refractivity contribution >= 4 is 40.4 Å². The monoisotopic (exact) mass is 499 g/mol. The molecule has 2 aliphatic carbocycles. The molecule has 0 unspecified atom stereocenters. The highest BCUT2D eigenvalue weighted by Crippen LogP contribution is 2.38. The van der Waals surface area contributed by atoms with Gasteiger partial charge < -0.3 is 15.5 Å². The van der Waals surface area contributed by atoms with Gasteiger partial charge in [0.25, 0.3) is 5.91 Å². The number of anilines is 1. The van der Waals surface area contributed by atoms with Gasteiger partial charge in [0.2, 0.25) is 5.91 Å². The van der Waals surface area contributed by atoms with E-state index in [-0.39, 0.29) is 17.9 Å². The highest BCUT2D eigenvalue weighted by atomic mass is 35.5. The molecular formula is C27H34ClN3O2S. The number of rotatable bonds is 8. The summed E-state index contributed by atoms with van der Waals surface area (Å²) >= 11 is 7.82. The number of hydrogen-bond acceptors (Lipinski definition) is 4. The second-order valence-corrected chi connectivity index (χ2v) is 11.7. The van der Waals surface area contributed by atoms with Gasteiger partial charge in [-0.25, -0.2) is 0 Å². The molecule has 0 bridgehead atoms. The first-order chi connectivity index (χ1) is 16.5. The van der Waals surface area contributed by atoms with Crippen LogP contribution < -0.4 is 15.5 Å². The molecule has 0 spiro atoms. The topological polar surface area (TPSA) is 61.4 Å². The normalized spacial score (nSPS) is 20.0. The van der Waals surface area contributed by atoms with Crippen LogP contribution in [0, 0.1) is 5.92 Å². The Hall–Kier alpha value is -2.05. The molecule has 2 heterocycles. The van der Waals surface area contributed by atoms with Crippen molar-refractivity contribution in [3.8, 4) is 0 Å². The number of halogens is 1. The first kappa shape index (κ1) is 23.7. The number of nitrogens with zero attached hydrogens (tertiary/aromatic N) is 1. The van der Waals surface area contributed by atoms with E-state index in [0.717, 1.165) is 61.4 Å². The molecule has 2 atom stereocenters. The summed E-state index contributed by atoms with van der Waals surface area (Å²) in [5, 5.41) is 6.93. The predicted octanol–water partition coefficient (Wildman–Crippen LogP) is 5.87. The van der Waals surface area contributed by atoms with Crippen LogP contribution in [0.25, 0.3) is 0 Å². The molecule has 2 amide bonds. The summed E-state index contributed by atoms with van der Waals surface area (Å²) in [5.41, 5.74) is 2.52. The lowest BCUT2D eigenvalue weighted by Crippen LogP contribution is -2.48. The van der Waals surface area contributed by atoms with Crippen LogP contribution in [-0.2, 0) is 11.2 Å². The molecule has 1 aromatic carbocycles. The minimum absolute atomic E-state index is 0.0188. The number of carbonyl (C=O) groups excluding carboxylic acids is 2. The Morgan fingerprint density at radius 3 is 2.68 bits per heavy atom. The maximum atomic E-state index is 13.2. The lowest BCUT2D eigenvalue weighted by atomic mass is 9.97. The van der Waals surface area contributed by atoms with E-state index >= 15 is 0 Å². The summed E-state index contributed by atoms with van der Waals surface area (Å²) in [6.45, 7) is 3.16. The van der Waals surface area contributed by atoms with Crippen LogP contribution >= 0.6 is 22.9 Å². The Balaban J connectivity index is 1.28. The summed E-state index contributed by atoms with van der Waals surface area (Å²) in [6.07, 6.45) is 9.79. The number of hydrogen-bond donors (Lipinski definition) is 2. The number of benzene rings is 1. The second kappa shape index (κ2) is 10.3. The lowest BCUT2D eigenvalue weighted by Gasteiger charge is -2.36. The fraction of sp³-hybridized carbons (Fsp3) is 0.556. The van der Waals surface area contributed by atoms with Gasteiger partial charge >= 0.3 is 0 Å². The molecular weight excluding hydrogens is 466 g/mol. The molecule has 1 aromatic heterocycles. The number of thiophene rings is 1. The van der Waals surface area contributed by atoms with Crippen molar-refractivity contribution < 1.29 is 9.59 Å². The van der Waals surface area contributed by atoms with Crippen molar-refractivity contribution in [3.05, 3.63) is 50.7 Å². The van der Waals surface area contributed by atoms with Crippen molar-refractivity contribution in [3.63, 3.8) is 0 Å². The zero-order valence-electron chi connectivity index (χ0n) is 19.8. The van der Waals surface area contributed by atoms with Gasteiger partial charge in [-0.15, -0.1) is 11.3 Å². The number of aryl methyl sites for hydroxylation is 1. The third kappa shape index (κ3) is 5.44. The van der Waals surface area contributed by atoms with Gasteiger partial charge in [0, 0.05) is 28.2 Å². The molecule has 182 valence electrons. The van der Waals surface area contributed by atoms with Gasteiger partial charge in [0.15, 0.2) is 0 Å². The quantitative estimate of drug-likeness (QED) is 0.477. The van der Waals surface area contributed by atoms with E-state index in [9.17, 15) is 9.59 Å². The second-order valence-electron chi connectivity index (χ2n) is 10.1. The van der Waals surface area contributed by atoms with E-state index in [1.807, 2.05) is 12.1 Å². The van der Waals surface area contributed by atoms with Crippen molar-refractivity contribution in [1.29, 1.82) is 0 Å². The summed E-state index contributed by atoms with van der Waals surface area (Å²) in [6, 6.07) is 10.1. The van der Waals surface area contributed by atoms with Crippen LogP contribution in [-0.4, -0.2) is 30.4 Å². The van der Waals surface area contributed by atoms with E-state index in [4.69, 9.17) is 11.6 Å². The molecule has 7 heteroatoms. The SMILES string of the molecule is C[C@@H](c1ccc(C(=O)N[C@@H](CC2CCCC2)C(=O)NC2CC2)s1)N1CCCc2ccc(Cl)cc21. The molecule has 0 saturated heterocycles. The van der Waals surface area contributed by atoms with E-state index in [2.05, 4.69) is 40.7 Å². The molecule has 2 saturated carbocycles. The van der Waals surface area contributed by atoms with E-state index < -0.39 is 6.04 Å². The van der Waals surface area contributed by atoms with Gasteiger partial charge in [-0.05, 0) is 74.8 Å². The Labute approximate surface area is 211 Å². The summed E-state index contributed by atoms with van der Waals surface area (Å²) in [5.74, 6) is 0.370. The van der Waals surface area contributed by atoms with Crippen molar-refractivity contribution in [1.82, 2.24) is 10.6 Å². The Kier molecular flexibility index (Phi) is 7.16. The van der Waals surface area contributed by atoms with Gasteiger partial charge in [-0.3, -0.25) is 9.59 Å². The van der Waals surface area contributed by atoms with Gasteiger partial charge in [0.1, 0.15) is 6.04 Å². The third-order valence-electron chi connectivity index (χ3n) is 7.52. The number of nitrogens with one attached hydrogen (secondary N) is 2. The average molecular weight is 500 g/mol. The predicted molar refractivity (Wildman–Crippen MR) is 139 cm³/mol. The average Bonchev–Trinajstić information content (AvgIpc) is 3.28. The lowest BCUT2D eigenvalue weighted by molar-refractivity contribution is -0.123. The first-order valence-electron chi connectivity index (χ1n) is 12.7. The first-order valence-corrected chi connectivity index (χ1v) is 13.9. The smallest absolute Gasteiger partial charge is 0.262 e. The van der Waals surface area contributed by atoms with E-state index in [0.29, 0.717) is 16.8 Å². The highest BCUT2D eigenvalue weighted by Gasteiger charge is 2.32. The van der Waals surface area contributed by atoms with Gasteiger partial charge in [0.05, 0.1) is 10.9 Å². The third-order valence-corrected chi connectivity index (χ3v) is 9.01. The highest BCUT2D eigenvalue weighted by molar-refractivity contribution is 7.14. The Morgan fingerprint density at radius 2 is 1.91 bits per heavy atom. The summed E-state index contributed by atoms with van der Waals surface area (Å²) in [4.78, 5) is 30.3. The number of fused-ring (bicyclic) bond motifs is 1. The standard InChI is InChI=1S/C27H34ClN3O2S/c1-17(31-14-4-7-19-8-9-20(28)16-23(19)31)24-12-13-25(34-24)27(33)30-22(15-18-5-2-3-6-18)26(32)29-21-10-11-21/h8-9,12-13,16-18,21-22H,2-7,10-11,14-15H2,1H3,(H,29,32)(H,30,33)/t17-,22-/m0/s1. The molecule has 2 aromatic rings. The van der Waals surface area contributed by atoms with Crippen LogP contribution in [0.3, 0.4) is 0 Å². The molecule has 0 radical (unpaired) electrons. The maximum absolute atomic E-state index is 13.2. The fourth-order valence-corrected chi connectivity index (χ4v) is 6.54. The van der Waals surface area contributed by atoms with Crippen molar-refractivity contribution in [2.75, 3.05) is 11.4 Å². The summed E-state index contributed by atoms with van der Waals surface area (Å²) in [7, 11) is 0. The molecule has 5 nitrogen and oxygen atoms in total. The zero-order chi connectivity index (χ0) is 23.7. The van der Waals surface area contributed by atoms with E-state index in [1.165, 1.54) is 35.4 Å². The van der Waals surface area contributed by atoms with Crippen molar-refractivity contribution in [2.24, 2.45) is 5.92 Å². The zero-order valence-corrected chi connectivity index (χ0v) is 21.4. The van der Waals surface area contributed by atoms with Crippen LogP contribution in [0.15, 0.2) is 30.3 Å². The molecule has 2 N–H and O–H groups in total. The number of carbonyl (C=O) groups is 2. The molecule has 2 fully saturated rings. The Morgan fingerprint density at radius 1 is 1.12 bits per heavy atom. The Bertz CT molecular complexity index is 1040. The van der Waals surface area contributed by atoms with Crippen molar-refractivity contribution in [2.45, 2.75) is 82.8 Å². The van der Waals surface area contributed by atoms with Gasteiger partial charge in [-0.2, -0.15) is 0 Å². The maximum Gasteiger partial charge on any atom is 0.262 e. The van der Waals surface area contributed by atoms with Crippen LogP contribution in [0.4, 0.5) is 5.69 Å². The van der Waals surface area contributed by atoms with Crippen LogP contribution in [0.1, 0.15) is 84.4 Å². The fourth-order valence-electron chi connectivity index (χ4n) is 5.40. The summed E-state index contributed by atoms with van der Waals surface area (Å²) < 4.78 is 0. The van der Waals surface area contributed by atoms with E-state index in [1.54, 1.807) is 0 Å². The molecule has 1 aliphatic heterocycles. The minimum atomic E-state index is -0.449. The van der Waals surface area contributed by atoms with Crippen LogP contribution in [0.2, 0.25) is 5.02 Å². The largest absolute Gasteiger partial charge is 0.364 e. The van der Waals surface area contributed by atoms with Gasteiger partial charge in [-0.1, -0.05) is 43.4 Å². The molecule has 3 aliphatic rings. The minimum Gasteiger partial charge on any atom is -0.364 e.